The molecule has 3 rings (SSSR count). The molecular formula is C19H17F3N4O3S. The molecule has 0 fully saturated rings. The predicted octanol–water partition coefficient (Wildman–Crippen LogP) is 2.49. The van der Waals surface area contributed by atoms with Crippen molar-refractivity contribution in [3.63, 3.8) is 0 Å². The average molecular weight is 438 g/mol. The molecule has 0 radical (unpaired) electrons. The van der Waals surface area contributed by atoms with Crippen molar-refractivity contribution < 1.29 is 26.4 Å². The molecule has 7 nitrogen and oxygen atoms in total. The number of carbonyl (C=O) groups excluding carboxylic acids is 1. The van der Waals surface area contributed by atoms with Crippen LogP contribution in [0.1, 0.15) is 11.1 Å². The van der Waals surface area contributed by atoms with E-state index < -0.39 is 39.1 Å². The first-order chi connectivity index (χ1) is 14.1. The van der Waals surface area contributed by atoms with Crippen LogP contribution in [0.4, 0.5) is 13.2 Å². The molecule has 0 aliphatic heterocycles. The van der Waals surface area contributed by atoms with Gasteiger partial charge in [0.2, 0.25) is 15.9 Å². The van der Waals surface area contributed by atoms with E-state index in [4.69, 9.17) is 0 Å². The van der Waals surface area contributed by atoms with Gasteiger partial charge in [0.25, 0.3) is 0 Å². The molecule has 1 amide bonds. The van der Waals surface area contributed by atoms with Gasteiger partial charge in [-0.05, 0) is 35.9 Å². The SMILES string of the molecule is O=C(CNS(=O)(=O)c1cccc(C(F)(F)F)c1)NCc1ccc(-n2ccnc2)cc1. The van der Waals surface area contributed by atoms with Crippen LogP contribution in [-0.4, -0.2) is 30.4 Å². The Morgan fingerprint density at radius 1 is 1.10 bits per heavy atom. The second-order valence-corrected chi connectivity index (χ2v) is 8.03. The minimum Gasteiger partial charge on any atom is -0.351 e. The second kappa shape index (κ2) is 8.67. The van der Waals surface area contributed by atoms with Crippen LogP contribution in [0, 0.1) is 0 Å². The summed E-state index contributed by atoms with van der Waals surface area (Å²) in [5.74, 6) is -0.621. The normalized spacial score (nSPS) is 12.0. The fourth-order valence-corrected chi connectivity index (χ4v) is 3.57. The monoisotopic (exact) mass is 438 g/mol. The Hall–Kier alpha value is -3.18. The molecule has 0 unspecified atom stereocenters. The fraction of sp³-hybridized carbons (Fsp3) is 0.158. The number of rotatable bonds is 7. The van der Waals surface area contributed by atoms with Gasteiger partial charge < -0.3 is 9.88 Å². The quantitative estimate of drug-likeness (QED) is 0.593. The molecule has 0 bridgehead atoms. The second-order valence-electron chi connectivity index (χ2n) is 6.26. The largest absolute Gasteiger partial charge is 0.416 e. The smallest absolute Gasteiger partial charge is 0.351 e. The average Bonchev–Trinajstić information content (AvgIpc) is 3.25. The molecule has 0 saturated heterocycles. The molecule has 3 aromatic rings. The maximum atomic E-state index is 12.8. The van der Waals surface area contributed by atoms with Crippen LogP contribution in [0.3, 0.4) is 0 Å². The molecule has 2 aromatic carbocycles. The first kappa shape index (κ1) is 21.5. The summed E-state index contributed by atoms with van der Waals surface area (Å²) in [6, 6.07) is 10.6. The molecule has 11 heteroatoms. The van der Waals surface area contributed by atoms with Gasteiger partial charge in [0.05, 0.1) is 23.3 Å². The summed E-state index contributed by atoms with van der Waals surface area (Å²) in [7, 11) is -4.27. The van der Waals surface area contributed by atoms with Crippen LogP contribution in [0.5, 0.6) is 0 Å². The van der Waals surface area contributed by atoms with Crippen LogP contribution in [0.2, 0.25) is 0 Å². The molecule has 2 N–H and O–H groups in total. The zero-order chi connectivity index (χ0) is 21.8. The number of alkyl halides is 3. The Labute approximate surface area is 170 Å². The molecule has 1 aromatic heterocycles. The number of nitrogens with one attached hydrogen (secondary N) is 2. The van der Waals surface area contributed by atoms with Crippen LogP contribution >= 0.6 is 0 Å². The topological polar surface area (TPSA) is 93.1 Å². The summed E-state index contributed by atoms with van der Waals surface area (Å²) >= 11 is 0. The van der Waals surface area contributed by atoms with Crippen molar-refractivity contribution in [2.24, 2.45) is 0 Å². The third-order valence-electron chi connectivity index (χ3n) is 4.12. The summed E-state index contributed by atoms with van der Waals surface area (Å²) < 4.78 is 66.4. The number of hydrogen-bond donors (Lipinski definition) is 2. The lowest BCUT2D eigenvalue weighted by Crippen LogP contribution is -2.36. The van der Waals surface area contributed by atoms with Gasteiger partial charge in [-0.3, -0.25) is 4.79 Å². The maximum Gasteiger partial charge on any atom is 0.416 e. The molecule has 158 valence electrons. The van der Waals surface area contributed by atoms with Crippen molar-refractivity contribution in [3.05, 3.63) is 78.4 Å². The number of amides is 1. The molecular weight excluding hydrogens is 421 g/mol. The number of nitrogens with zero attached hydrogens (tertiary/aromatic N) is 2. The highest BCUT2D eigenvalue weighted by atomic mass is 32.2. The van der Waals surface area contributed by atoms with Crippen molar-refractivity contribution in [1.29, 1.82) is 0 Å². The van der Waals surface area contributed by atoms with E-state index in [1.165, 1.54) is 0 Å². The summed E-state index contributed by atoms with van der Waals surface area (Å²) in [4.78, 5) is 15.3. The summed E-state index contributed by atoms with van der Waals surface area (Å²) in [5, 5.41) is 2.55. The van der Waals surface area contributed by atoms with E-state index >= 15 is 0 Å². The summed E-state index contributed by atoms with van der Waals surface area (Å²) in [5.41, 5.74) is 0.582. The van der Waals surface area contributed by atoms with E-state index in [2.05, 4.69) is 10.3 Å². The highest BCUT2D eigenvalue weighted by Crippen LogP contribution is 2.30. The molecule has 0 aliphatic rings. The highest BCUT2D eigenvalue weighted by Gasteiger charge is 2.31. The van der Waals surface area contributed by atoms with Crippen LogP contribution in [0.25, 0.3) is 5.69 Å². The molecule has 0 saturated carbocycles. The van der Waals surface area contributed by atoms with E-state index in [9.17, 15) is 26.4 Å². The van der Waals surface area contributed by atoms with E-state index in [1.807, 2.05) is 21.4 Å². The van der Waals surface area contributed by atoms with Gasteiger partial charge in [0.1, 0.15) is 0 Å². The number of benzene rings is 2. The number of hydrogen-bond acceptors (Lipinski definition) is 4. The lowest BCUT2D eigenvalue weighted by Gasteiger charge is -2.11. The number of carbonyl (C=O) groups is 1. The van der Waals surface area contributed by atoms with Gasteiger partial charge in [-0.2, -0.15) is 13.2 Å². The molecule has 0 aliphatic carbocycles. The van der Waals surface area contributed by atoms with Crippen molar-refractivity contribution >= 4 is 15.9 Å². The van der Waals surface area contributed by atoms with Crippen LogP contribution in [0.15, 0.2) is 72.1 Å². The first-order valence-electron chi connectivity index (χ1n) is 8.66. The Kier molecular flexibility index (Phi) is 6.22. The maximum absolute atomic E-state index is 12.8. The highest BCUT2D eigenvalue weighted by molar-refractivity contribution is 7.89. The van der Waals surface area contributed by atoms with Crippen molar-refractivity contribution in [2.75, 3.05) is 6.54 Å². The van der Waals surface area contributed by atoms with Crippen LogP contribution < -0.4 is 10.0 Å². The van der Waals surface area contributed by atoms with Gasteiger partial charge >= 0.3 is 6.18 Å². The van der Waals surface area contributed by atoms with Crippen LogP contribution in [-0.2, 0) is 27.5 Å². The third kappa shape index (κ3) is 5.45. The molecule has 1 heterocycles. The fourth-order valence-electron chi connectivity index (χ4n) is 2.54. The number of halogens is 3. The standard InChI is InChI=1S/C19H17F3N4O3S/c20-19(21,22)15-2-1-3-17(10-15)30(28,29)25-12-18(27)24-11-14-4-6-16(7-5-14)26-9-8-23-13-26/h1-10,13,25H,11-12H2,(H,24,27). The van der Waals surface area contributed by atoms with Gasteiger partial charge in [-0.15, -0.1) is 0 Å². The first-order valence-corrected chi connectivity index (χ1v) is 10.1. The van der Waals surface area contributed by atoms with Crippen molar-refractivity contribution in [2.45, 2.75) is 17.6 Å². The summed E-state index contributed by atoms with van der Waals surface area (Å²) in [6.07, 6.45) is 0.408. The van der Waals surface area contributed by atoms with E-state index in [1.54, 1.807) is 30.9 Å². The van der Waals surface area contributed by atoms with Gasteiger partial charge in [-0.25, -0.2) is 18.1 Å². The number of sulfonamides is 1. The van der Waals surface area contributed by atoms with E-state index in [0.29, 0.717) is 6.07 Å². The van der Waals surface area contributed by atoms with Crippen molar-refractivity contribution in [3.8, 4) is 5.69 Å². The zero-order valence-electron chi connectivity index (χ0n) is 15.4. The molecule has 30 heavy (non-hydrogen) atoms. The molecule has 0 spiro atoms. The Morgan fingerprint density at radius 3 is 2.47 bits per heavy atom. The van der Waals surface area contributed by atoms with Gasteiger partial charge in [0, 0.05) is 24.6 Å². The zero-order valence-corrected chi connectivity index (χ0v) is 16.2. The lowest BCUT2D eigenvalue weighted by atomic mass is 10.2. The minimum absolute atomic E-state index is 0.161. The Balaban J connectivity index is 1.54. The lowest BCUT2D eigenvalue weighted by molar-refractivity contribution is -0.137. The Morgan fingerprint density at radius 2 is 1.83 bits per heavy atom. The predicted molar refractivity (Wildman–Crippen MR) is 102 cm³/mol. The molecule has 0 atom stereocenters. The Bertz CT molecular complexity index is 1110. The van der Waals surface area contributed by atoms with Gasteiger partial charge in [0.15, 0.2) is 0 Å². The number of aromatic nitrogens is 2. The van der Waals surface area contributed by atoms with Crippen molar-refractivity contribution in [1.82, 2.24) is 19.6 Å². The summed E-state index contributed by atoms with van der Waals surface area (Å²) in [6.45, 7) is -0.444. The number of imidazole rings is 1. The minimum atomic E-state index is -4.67. The third-order valence-corrected chi connectivity index (χ3v) is 5.52. The van der Waals surface area contributed by atoms with Gasteiger partial charge in [-0.1, -0.05) is 18.2 Å². The van der Waals surface area contributed by atoms with E-state index in [0.717, 1.165) is 29.4 Å². The van der Waals surface area contributed by atoms with E-state index in [-0.39, 0.29) is 6.54 Å².